The van der Waals surface area contributed by atoms with E-state index in [1.165, 1.54) is 11.1 Å². The SMILES string of the molecule is C=CC#Cc1ccc(C2=C=CC/C=C(CCN)\C=C/C2=C)c(O/C2=C/C(C3=C\CCOCCC\3)=C\C(=C)C(C)=C=CC2)c1. The number of hydrogen-bond donors (Lipinski definition) is 1. The molecule has 1 aromatic rings. The molecule has 0 spiro atoms. The van der Waals surface area contributed by atoms with Gasteiger partial charge in [0.15, 0.2) is 0 Å². The molecule has 0 bridgehead atoms. The normalized spacial score (nSPS) is 23.3. The second-order valence-corrected chi connectivity index (χ2v) is 10.6. The van der Waals surface area contributed by atoms with Crippen molar-refractivity contribution in [2.75, 3.05) is 19.8 Å². The van der Waals surface area contributed by atoms with E-state index in [4.69, 9.17) is 15.2 Å². The summed E-state index contributed by atoms with van der Waals surface area (Å²) < 4.78 is 12.5. The van der Waals surface area contributed by atoms with Crippen molar-refractivity contribution in [1.29, 1.82) is 0 Å². The van der Waals surface area contributed by atoms with Crippen molar-refractivity contribution in [3.63, 3.8) is 0 Å². The molecule has 3 nitrogen and oxygen atoms in total. The molecule has 1 heterocycles. The molecule has 0 saturated carbocycles. The van der Waals surface area contributed by atoms with E-state index in [0.717, 1.165) is 90.1 Å². The van der Waals surface area contributed by atoms with Crippen LogP contribution in [0.15, 0.2) is 143 Å². The Hall–Kier alpha value is -4.54. The van der Waals surface area contributed by atoms with Crippen molar-refractivity contribution in [3.05, 3.63) is 154 Å². The summed E-state index contributed by atoms with van der Waals surface area (Å²) in [6.45, 7) is 16.6. The molecule has 2 N–H and O–H groups in total. The first kappa shape index (κ1) is 31.4. The molecule has 0 amide bonds. The fourth-order valence-electron chi connectivity index (χ4n) is 4.96. The van der Waals surface area contributed by atoms with E-state index in [1.807, 2.05) is 43.4 Å². The minimum Gasteiger partial charge on any atom is -0.461 e. The molecule has 0 saturated heterocycles. The Labute approximate surface area is 257 Å². The van der Waals surface area contributed by atoms with Gasteiger partial charge in [-0.15, -0.1) is 11.5 Å². The summed E-state index contributed by atoms with van der Waals surface area (Å²) >= 11 is 0. The van der Waals surface area contributed by atoms with Gasteiger partial charge in [-0.25, -0.2) is 0 Å². The highest BCUT2D eigenvalue weighted by atomic mass is 16.5. The molecule has 43 heavy (non-hydrogen) atoms. The maximum Gasteiger partial charge on any atom is 0.136 e. The van der Waals surface area contributed by atoms with Gasteiger partial charge in [-0.1, -0.05) is 61.5 Å². The van der Waals surface area contributed by atoms with Gasteiger partial charge < -0.3 is 15.2 Å². The molecule has 0 atom stereocenters. The van der Waals surface area contributed by atoms with Crippen LogP contribution >= 0.6 is 0 Å². The lowest BCUT2D eigenvalue weighted by atomic mass is 9.95. The highest BCUT2D eigenvalue weighted by Gasteiger charge is 2.16. The van der Waals surface area contributed by atoms with Crippen molar-refractivity contribution in [3.8, 4) is 17.6 Å². The van der Waals surface area contributed by atoms with Gasteiger partial charge in [0.05, 0.1) is 6.61 Å². The van der Waals surface area contributed by atoms with Crippen molar-refractivity contribution in [1.82, 2.24) is 0 Å². The lowest BCUT2D eigenvalue weighted by molar-refractivity contribution is 0.134. The molecule has 218 valence electrons. The highest BCUT2D eigenvalue weighted by molar-refractivity contribution is 5.84. The Bertz CT molecular complexity index is 1620. The lowest BCUT2D eigenvalue weighted by Gasteiger charge is -2.18. The van der Waals surface area contributed by atoms with Crippen LogP contribution in [0.5, 0.6) is 5.75 Å². The molecule has 1 aromatic carbocycles. The topological polar surface area (TPSA) is 44.5 Å². The Morgan fingerprint density at radius 3 is 2.79 bits per heavy atom. The van der Waals surface area contributed by atoms with E-state index < -0.39 is 0 Å². The van der Waals surface area contributed by atoms with Crippen molar-refractivity contribution in [2.24, 2.45) is 5.73 Å². The molecule has 1 aliphatic heterocycles. The number of ether oxygens (including phenoxy) is 2. The van der Waals surface area contributed by atoms with E-state index >= 15 is 0 Å². The predicted molar refractivity (Wildman–Crippen MR) is 180 cm³/mol. The van der Waals surface area contributed by atoms with E-state index in [1.54, 1.807) is 6.08 Å². The molecular weight excluding hydrogens is 526 g/mol. The van der Waals surface area contributed by atoms with Crippen LogP contribution in [-0.2, 0) is 4.74 Å². The molecule has 0 fully saturated rings. The maximum absolute atomic E-state index is 6.81. The standard InChI is InChI=1S/C40H41NO2/c1-5-6-13-34-21-22-39(38-18-8-7-14-33(23-24-41)20-19-31(38)3)40(28-34)43-37-17-9-12-30(2)32(4)27-36(29-37)35-15-10-25-42-26-11-16-35/h5,8-9,14-15,19-22,27-29H,1,3-4,7,10-11,16-17,23-26,41H2,2H3/b20-19-,33-14+,35-15-,36-27+,37-29+. The fourth-order valence-corrected chi connectivity index (χ4v) is 4.96. The third-order valence-corrected chi connectivity index (χ3v) is 7.32. The molecule has 3 heteroatoms. The summed E-state index contributed by atoms with van der Waals surface area (Å²) in [6, 6.07) is 6.01. The van der Waals surface area contributed by atoms with Gasteiger partial charge in [0.25, 0.3) is 0 Å². The number of allylic oxidation sites excluding steroid dienone is 12. The van der Waals surface area contributed by atoms with E-state index in [2.05, 4.69) is 73.4 Å². The molecule has 3 aliphatic rings. The minimum atomic E-state index is 0.572. The Balaban J connectivity index is 1.81. The third kappa shape index (κ3) is 9.22. The van der Waals surface area contributed by atoms with Crippen molar-refractivity contribution >= 4 is 5.57 Å². The van der Waals surface area contributed by atoms with Gasteiger partial charge in [0.2, 0.25) is 0 Å². The monoisotopic (exact) mass is 567 g/mol. The van der Waals surface area contributed by atoms with Gasteiger partial charge in [-0.2, -0.15) is 0 Å². The van der Waals surface area contributed by atoms with E-state index in [0.29, 0.717) is 18.7 Å². The zero-order chi connectivity index (χ0) is 30.4. The molecular formula is C40H41NO2. The van der Waals surface area contributed by atoms with Gasteiger partial charge in [0, 0.05) is 29.7 Å². The van der Waals surface area contributed by atoms with Crippen LogP contribution in [-0.4, -0.2) is 19.8 Å². The minimum absolute atomic E-state index is 0.572. The van der Waals surface area contributed by atoms with Crippen LogP contribution in [0.1, 0.15) is 56.6 Å². The fraction of sp³-hybridized carbons (Fsp3) is 0.250. The summed E-state index contributed by atoms with van der Waals surface area (Å²) in [5.74, 6) is 7.60. The first-order chi connectivity index (χ1) is 21.0. The number of hydrogen-bond acceptors (Lipinski definition) is 3. The summed E-state index contributed by atoms with van der Waals surface area (Å²) in [6.07, 6.45) is 23.4. The summed E-state index contributed by atoms with van der Waals surface area (Å²) in [5.41, 5.74) is 21.7. The van der Waals surface area contributed by atoms with Crippen molar-refractivity contribution < 1.29 is 9.47 Å². The van der Waals surface area contributed by atoms with E-state index in [-0.39, 0.29) is 0 Å². The maximum atomic E-state index is 6.81. The Morgan fingerprint density at radius 1 is 1.07 bits per heavy atom. The second-order valence-electron chi connectivity index (χ2n) is 10.6. The predicted octanol–water partition coefficient (Wildman–Crippen LogP) is 8.93. The lowest BCUT2D eigenvalue weighted by Crippen LogP contribution is -2.04. The van der Waals surface area contributed by atoms with Crippen LogP contribution in [0.25, 0.3) is 5.57 Å². The first-order valence-corrected chi connectivity index (χ1v) is 14.9. The summed E-state index contributed by atoms with van der Waals surface area (Å²) in [5, 5.41) is 0. The molecule has 0 aromatic heterocycles. The largest absolute Gasteiger partial charge is 0.461 e. The highest BCUT2D eigenvalue weighted by Crippen LogP contribution is 2.35. The zero-order valence-corrected chi connectivity index (χ0v) is 25.3. The molecule has 0 unspecified atom stereocenters. The Kier molecular flexibility index (Phi) is 11.8. The van der Waals surface area contributed by atoms with E-state index in [9.17, 15) is 0 Å². The molecule has 4 rings (SSSR count). The van der Waals surface area contributed by atoms with Gasteiger partial charge in [-0.3, -0.25) is 0 Å². The van der Waals surface area contributed by atoms with Gasteiger partial charge >= 0.3 is 0 Å². The average Bonchev–Trinajstić information content (AvgIpc) is 3.10. The zero-order valence-electron chi connectivity index (χ0n) is 25.3. The van der Waals surface area contributed by atoms with Crippen LogP contribution in [0.3, 0.4) is 0 Å². The smallest absolute Gasteiger partial charge is 0.136 e. The molecule has 2 aliphatic carbocycles. The number of nitrogens with two attached hydrogens (primary N) is 1. The van der Waals surface area contributed by atoms with Gasteiger partial charge in [0.1, 0.15) is 11.5 Å². The third-order valence-electron chi connectivity index (χ3n) is 7.32. The van der Waals surface area contributed by atoms with Crippen LogP contribution in [0.4, 0.5) is 0 Å². The quantitative estimate of drug-likeness (QED) is 0.276. The average molecular weight is 568 g/mol. The van der Waals surface area contributed by atoms with Crippen LogP contribution < -0.4 is 10.5 Å². The second kappa shape index (κ2) is 16.2. The summed E-state index contributed by atoms with van der Waals surface area (Å²) in [4.78, 5) is 0. The first-order valence-electron chi connectivity index (χ1n) is 14.9. The van der Waals surface area contributed by atoms with Crippen LogP contribution in [0.2, 0.25) is 0 Å². The number of benzene rings is 1. The van der Waals surface area contributed by atoms with Gasteiger partial charge in [-0.05, 0) is 122 Å². The van der Waals surface area contributed by atoms with Crippen molar-refractivity contribution in [2.45, 2.75) is 45.4 Å². The molecule has 0 radical (unpaired) electrons. The Morgan fingerprint density at radius 2 is 1.95 bits per heavy atom. The van der Waals surface area contributed by atoms with Crippen LogP contribution in [0, 0.1) is 11.8 Å². The number of rotatable bonds is 6. The summed E-state index contributed by atoms with van der Waals surface area (Å²) in [7, 11) is 0.